The second kappa shape index (κ2) is 3.15. The summed E-state index contributed by atoms with van der Waals surface area (Å²) in [6, 6.07) is 12.6. The van der Waals surface area contributed by atoms with Crippen molar-refractivity contribution in [3.63, 3.8) is 0 Å². The lowest BCUT2D eigenvalue weighted by atomic mass is 9.68. The Bertz CT molecular complexity index is 454. The van der Waals surface area contributed by atoms with Crippen molar-refractivity contribution in [2.75, 3.05) is 0 Å². The third-order valence-corrected chi connectivity index (χ3v) is 3.83. The second-order valence-electron chi connectivity index (χ2n) is 4.74. The van der Waals surface area contributed by atoms with Gasteiger partial charge in [-0.15, -0.1) is 0 Å². The number of hydrogen-bond acceptors (Lipinski definition) is 3. The van der Waals surface area contributed by atoms with Crippen LogP contribution in [0.15, 0.2) is 40.6 Å². The van der Waals surface area contributed by atoms with Gasteiger partial charge in [-0.1, -0.05) is 30.3 Å². The Morgan fingerprint density at radius 1 is 1.00 bits per heavy atom. The van der Waals surface area contributed by atoms with Gasteiger partial charge in [0.05, 0.1) is 11.5 Å². The van der Waals surface area contributed by atoms with Crippen molar-refractivity contribution in [1.29, 1.82) is 5.26 Å². The largest absolute Gasteiger partial charge is 0.197 e. The monoisotopic (exact) mass is 211 g/mol. The van der Waals surface area contributed by atoms with Gasteiger partial charge in [0.2, 0.25) is 0 Å². The average Bonchev–Trinajstić information content (AvgIpc) is 3.12. The summed E-state index contributed by atoms with van der Waals surface area (Å²) >= 11 is 0. The van der Waals surface area contributed by atoms with Crippen LogP contribution in [0.5, 0.6) is 0 Å². The summed E-state index contributed by atoms with van der Waals surface area (Å²) in [5, 5.41) is 17.7. The molecule has 2 aliphatic rings. The summed E-state index contributed by atoms with van der Waals surface area (Å²) in [6.07, 6.45) is 3.60. The summed E-state index contributed by atoms with van der Waals surface area (Å²) < 4.78 is 0. The fourth-order valence-corrected chi connectivity index (χ4v) is 2.57. The zero-order valence-corrected chi connectivity index (χ0v) is 9.06. The molecule has 16 heavy (non-hydrogen) atoms. The van der Waals surface area contributed by atoms with Crippen LogP contribution in [0, 0.1) is 11.3 Å². The normalized spacial score (nSPS) is 23.9. The highest BCUT2D eigenvalue weighted by Crippen LogP contribution is 2.49. The molecule has 80 valence electrons. The van der Waals surface area contributed by atoms with Gasteiger partial charge in [0, 0.05) is 0 Å². The van der Waals surface area contributed by atoms with E-state index in [0.717, 1.165) is 31.2 Å². The van der Waals surface area contributed by atoms with Crippen LogP contribution in [0.25, 0.3) is 0 Å². The molecule has 0 amide bonds. The predicted molar refractivity (Wildman–Crippen MR) is 59.8 cm³/mol. The first-order valence-corrected chi connectivity index (χ1v) is 5.70. The standard InChI is InChI=1S/C13H13N3/c14-10-12(11-4-2-1-3-5-11)6-8-13(9-7-12)15-16-13/h1-5H,6-9H2. The Morgan fingerprint density at radius 3 is 2.12 bits per heavy atom. The molecule has 3 heteroatoms. The van der Waals surface area contributed by atoms with Crippen LogP contribution in [-0.2, 0) is 5.41 Å². The molecule has 1 fully saturated rings. The summed E-state index contributed by atoms with van der Waals surface area (Å²) in [7, 11) is 0. The third kappa shape index (κ3) is 1.34. The molecule has 1 aromatic rings. The highest BCUT2D eigenvalue weighted by molar-refractivity contribution is 5.33. The molecule has 3 rings (SSSR count). The summed E-state index contributed by atoms with van der Waals surface area (Å²) in [5.74, 6) is 0. The van der Waals surface area contributed by atoms with Crippen LogP contribution in [-0.4, -0.2) is 5.66 Å². The average molecular weight is 211 g/mol. The first-order chi connectivity index (χ1) is 7.79. The molecule has 0 radical (unpaired) electrons. The minimum Gasteiger partial charge on any atom is -0.197 e. The predicted octanol–water partition coefficient (Wildman–Crippen LogP) is 3.18. The van der Waals surface area contributed by atoms with E-state index in [9.17, 15) is 5.26 Å². The molecule has 0 atom stereocenters. The van der Waals surface area contributed by atoms with Crippen molar-refractivity contribution >= 4 is 0 Å². The smallest absolute Gasteiger partial charge is 0.191 e. The molecule has 1 heterocycles. The van der Waals surface area contributed by atoms with E-state index in [1.165, 1.54) is 0 Å². The molecule has 1 saturated carbocycles. The Labute approximate surface area is 94.8 Å². The molecular formula is C13H13N3. The van der Waals surface area contributed by atoms with E-state index in [-0.39, 0.29) is 11.1 Å². The molecule has 1 aliphatic carbocycles. The SMILES string of the molecule is N#CC1(c2ccccc2)CCC2(CC1)N=N2. The van der Waals surface area contributed by atoms with E-state index in [2.05, 4.69) is 28.4 Å². The Hall–Kier alpha value is -1.69. The Balaban J connectivity index is 1.88. The van der Waals surface area contributed by atoms with E-state index in [1.54, 1.807) is 0 Å². The van der Waals surface area contributed by atoms with Crippen molar-refractivity contribution in [2.45, 2.75) is 36.8 Å². The van der Waals surface area contributed by atoms with E-state index in [4.69, 9.17) is 0 Å². The molecular weight excluding hydrogens is 198 g/mol. The first kappa shape index (κ1) is 9.53. The fourth-order valence-electron chi connectivity index (χ4n) is 2.57. The van der Waals surface area contributed by atoms with Gasteiger partial charge in [0.1, 0.15) is 0 Å². The highest BCUT2D eigenvalue weighted by Gasteiger charge is 2.49. The number of hydrogen-bond donors (Lipinski definition) is 0. The molecule has 0 unspecified atom stereocenters. The van der Waals surface area contributed by atoms with Crippen LogP contribution >= 0.6 is 0 Å². The van der Waals surface area contributed by atoms with Gasteiger partial charge in [-0.05, 0) is 31.2 Å². The maximum atomic E-state index is 9.47. The molecule has 0 saturated heterocycles. The summed E-state index contributed by atoms with van der Waals surface area (Å²) in [4.78, 5) is 0. The van der Waals surface area contributed by atoms with Crippen LogP contribution in [0.1, 0.15) is 31.2 Å². The zero-order chi connectivity index (χ0) is 11.1. The molecule has 1 aliphatic heterocycles. The maximum absolute atomic E-state index is 9.47. The van der Waals surface area contributed by atoms with Gasteiger partial charge in [-0.2, -0.15) is 15.5 Å². The van der Waals surface area contributed by atoms with Crippen molar-refractivity contribution < 1.29 is 0 Å². The van der Waals surface area contributed by atoms with E-state index < -0.39 is 0 Å². The number of nitriles is 1. The lowest BCUT2D eigenvalue weighted by molar-refractivity contribution is 0.302. The van der Waals surface area contributed by atoms with Gasteiger partial charge in [0.15, 0.2) is 5.66 Å². The molecule has 1 aromatic carbocycles. The molecule has 1 spiro atoms. The minimum atomic E-state index is -0.305. The lowest BCUT2D eigenvalue weighted by Gasteiger charge is -2.33. The van der Waals surface area contributed by atoms with Crippen molar-refractivity contribution in [3.05, 3.63) is 35.9 Å². The fraction of sp³-hybridized carbons (Fsp3) is 0.462. The van der Waals surface area contributed by atoms with Crippen molar-refractivity contribution in [1.82, 2.24) is 0 Å². The topological polar surface area (TPSA) is 48.5 Å². The summed E-state index contributed by atoms with van der Waals surface area (Å²) in [5.41, 5.74) is 0.753. The molecule has 0 aromatic heterocycles. The third-order valence-electron chi connectivity index (χ3n) is 3.83. The Kier molecular flexibility index (Phi) is 1.88. The van der Waals surface area contributed by atoms with Crippen LogP contribution in [0.4, 0.5) is 0 Å². The number of benzene rings is 1. The quantitative estimate of drug-likeness (QED) is 0.703. The van der Waals surface area contributed by atoms with Gasteiger partial charge in [-0.3, -0.25) is 0 Å². The first-order valence-electron chi connectivity index (χ1n) is 5.70. The van der Waals surface area contributed by atoms with E-state index >= 15 is 0 Å². The van der Waals surface area contributed by atoms with Crippen LogP contribution in [0.3, 0.4) is 0 Å². The zero-order valence-electron chi connectivity index (χ0n) is 9.06. The number of rotatable bonds is 1. The van der Waals surface area contributed by atoms with Gasteiger partial charge < -0.3 is 0 Å². The summed E-state index contributed by atoms with van der Waals surface area (Å²) in [6.45, 7) is 0. The van der Waals surface area contributed by atoms with Crippen LogP contribution < -0.4 is 0 Å². The molecule has 0 N–H and O–H groups in total. The highest BCUT2D eigenvalue weighted by atomic mass is 15.4. The molecule has 0 bridgehead atoms. The van der Waals surface area contributed by atoms with Crippen LogP contribution in [0.2, 0.25) is 0 Å². The van der Waals surface area contributed by atoms with Gasteiger partial charge >= 0.3 is 0 Å². The van der Waals surface area contributed by atoms with Gasteiger partial charge in [0.25, 0.3) is 0 Å². The number of nitrogens with zero attached hydrogens (tertiary/aromatic N) is 3. The van der Waals surface area contributed by atoms with Gasteiger partial charge in [-0.25, -0.2) is 0 Å². The lowest BCUT2D eigenvalue weighted by Crippen LogP contribution is -2.33. The maximum Gasteiger partial charge on any atom is 0.191 e. The minimum absolute atomic E-state index is 0.0882. The second-order valence-corrected chi connectivity index (χ2v) is 4.74. The van der Waals surface area contributed by atoms with E-state index in [1.807, 2.05) is 18.2 Å². The van der Waals surface area contributed by atoms with Crippen molar-refractivity contribution in [2.24, 2.45) is 10.2 Å². The van der Waals surface area contributed by atoms with Crippen molar-refractivity contribution in [3.8, 4) is 6.07 Å². The van der Waals surface area contributed by atoms with E-state index in [0.29, 0.717) is 0 Å². The Morgan fingerprint density at radius 2 is 1.62 bits per heavy atom. The molecule has 3 nitrogen and oxygen atoms in total.